The van der Waals surface area contributed by atoms with Gasteiger partial charge in [-0.05, 0) is 32.3 Å². The molecule has 1 aliphatic heterocycles. The van der Waals surface area contributed by atoms with Crippen molar-refractivity contribution in [3.63, 3.8) is 0 Å². The number of benzene rings is 1. The number of amides is 1. The minimum atomic E-state index is 0.0694. The molecule has 1 amide bonds. The molecule has 1 aromatic carbocycles. The Bertz CT molecular complexity index is 589. The maximum atomic E-state index is 11.7. The zero-order chi connectivity index (χ0) is 19.5. The highest BCUT2D eigenvalue weighted by molar-refractivity contribution is 5.81. The van der Waals surface area contributed by atoms with Crippen LogP contribution in [-0.4, -0.2) is 55.0 Å². The lowest BCUT2D eigenvalue weighted by Crippen LogP contribution is -2.44. The first-order chi connectivity index (χ1) is 13.1. The van der Waals surface area contributed by atoms with Gasteiger partial charge in [0.05, 0.1) is 6.54 Å². The summed E-state index contributed by atoms with van der Waals surface area (Å²) in [5.74, 6) is 0.875. The molecule has 27 heavy (non-hydrogen) atoms. The van der Waals surface area contributed by atoms with E-state index in [0.29, 0.717) is 25.0 Å². The minimum Gasteiger partial charge on any atom is -0.357 e. The van der Waals surface area contributed by atoms with E-state index in [1.807, 2.05) is 0 Å². The highest BCUT2D eigenvalue weighted by Gasteiger charge is 2.29. The number of nitrogens with one attached hydrogen (secondary N) is 3. The van der Waals surface area contributed by atoms with Crippen LogP contribution in [0.4, 0.5) is 0 Å². The summed E-state index contributed by atoms with van der Waals surface area (Å²) in [6.45, 7) is 10.4. The molecule has 1 aromatic rings. The van der Waals surface area contributed by atoms with Gasteiger partial charge in [0, 0.05) is 44.7 Å². The zero-order valence-corrected chi connectivity index (χ0v) is 17.0. The van der Waals surface area contributed by atoms with Crippen molar-refractivity contribution in [2.45, 2.75) is 58.7 Å². The number of hydrogen-bond acceptors (Lipinski definition) is 3. The molecule has 0 saturated carbocycles. The van der Waals surface area contributed by atoms with Crippen LogP contribution in [-0.2, 0) is 11.3 Å². The van der Waals surface area contributed by atoms with E-state index < -0.39 is 0 Å². The van der Waals surface area contributed by atoms with Crippen LogP contribution in [0.5, 0.6) is 0 Å². The lowest BCUT2D eigenvalue weighted by molar-refractivity contribution is -0.120. The standard InChI is InChI=1S/C21H35N5O/c1-4-12-23-20(27)11-13-24-21(22-5-2)25-19-14-17(3)26(16-19)15-18-9-7-6-8-10-18/h6-10,17,19H,4-5,11-16H2,1-3H3,(H,23,27)(H2,22,24,25). The second-order valence-electron chi connectivity index (χ2n) is 7.20. The number of likely N-dealkylation sites (tertiary alicyclic amines) is 1. The third-order valence-electron chi connectivity index (χ3n) is 4.80. The average Bonchev–Trinajstić information content (AvgIpc) is 3.00. The summed E-state index contributed by atoms with van der Waals surface area (Å²) in [5.41, 5.74) is 1.35. The van der Waals surface area contributed by atoms with Gasteiger partial charge in [-0.3, -0.25) is 14.7 Å². The monoisotopic (exact) mass is 373 g/mol. The summed E-state index contributed by atoms with van der Waals surface area (Å²) in [4.78, 5) is 18.8. The van der Waals surface area contributed by atoms with E-state index in [-0.39, 0.29) is 5.91 Å². The third kappa shape index (κ3) is 7.59. The van der Waals surface area contributed by atoms with Crippen molar-refractivity contribution < 1.29 is 4.79 Å². The first kappa shape index (κ1) is 21.2. The number of carbonyl (C=O) groups excluding carboxylic acids is 1. The first-order valence-electron chi connectivity index (χ1n) is 10.2. The van der Waals surface area contributed by atoms with Crippen molar-refractivity contribution in [2.75, 3.05) is 26.2 Å². The Morgan fingerprint density at radius 2 is 2.00 bits per heavy atom. The van der Waals surface area contributed by atoms with E-state index in [9.17, 15) is 4.79 Å². The number of hydrogen-bond donors (Lipinski definition) is 3. The molecule has 3 N–H and O–H groups in total. The van der Waals surface area contributed by atoms with Gasteiger partial charge in [0.15, 0.2) is 5.96 Å². The van der Waals surface area contributed by atoms with Crippen LogP contribution in [0, 0.1) is 0 Å². The Balaban J connectivity index is 1.83. The van der Waals surface area contributed by atoms with Gasteiger partial charge in [0.1, 0.15) is 0 Å². The molecule has 1 heterocycles. The largest absolute Gasteiger partial charge is 0.357 e. The van der Waals surface area contributed by atoms with Gasteiger partial charge in [-0.15, -0.1) is 0 Å². The number of guanidine groups is 1. The van der Waals surface area contributed by atoms with Crippen LogP contribution in [0.2, 0.25) is 0 Å². The molecule has 150 valence electrons. The molecule has 0 aliphatic carbocycles. The Labute approximate surface area is 163 Å². The molecule has 0 aromatic heterocycles. The Morgan fingerprint density at radius 3 is 2.70 bits per heavy atom. The minimum absolute atomic E-state index is 0.0694. The van der Waals surface area contributed by atoms with Crippen LogP contribution in [0.1, 0.15) is 45.6 Å². The molecule has 2 rings (SSSR count). The van der Waals surface area contributed by atoms with E-state index in [1.54, 1.807) is 0 Å². The van der Waals surface area contributed by atoms with Gasteiger partial charge in [0.25, 0.3) is 0 Å². The van der Waals surface area contributed by atoms with Crippen molar-refractivity contribution >= 4 is 11.9 Å². The average molecular weight is 374 g/mol. The topological polar surface area (TPSA) is 68.8 Å². The highest BCUT2D eigenvalue weighted by Crippen LogP contribution is 2.20. The fourth-order valence-corrected chi connectivity index (χ4v) is 3.38. The van der Waals surface area contributed by atoms with Gasteiger partial charge < -0.3 is 16.0 Å². The van der Waals surface area contributed by atoms with Crippen molar-refractivity contribution in [2.24, 2.45) is 4.99 Å². The third-order valence-corrected chi connectivity index (χ3v) is 4.80. The molecule has 1 aliphatic rings. The number of rotatable bonds is 9. The Kier molecular flexibility index (Phi) is 9.11. The summed E-state index contributed by atoms with van der Waals surface area (Å²) in [6.07, 6.45) is 2.48. The van der Waals surface area contributed by atoms with E-state index in [4.69, 9.17) is 0 Å². The lowest BCUT2D eigenvalue weighted by Gasteiger charge is -2.21. The zero-order valence-electron chi connectivity index (χ0n) is 17.0. The van der Waals surface area contributed by atoms with Gasteiger partial charge in [0.2, 0.25) is 5.91 Å². The van der Waals surface area contributed by atoms with E-state index in [0.717, 1.165) is 45.0 Å². The van der Waals surface area contributed by atoms with Crippen LogP contribution in [0.15, 0.2) is 35.3 Å². The van der Waals surface area contributed by atoms with Crippen molar-refractivity contribution in [3.8, 4) is 0 Å². The second-order valence-corrected chi connectivity index (χ2v) is 7.20. The fourth-order valence-electron chi connectivity index (χ4n) is 3.38. The maximum Gasteiger partial charge on any atom is 0.221 e. The van der Waals surface area contributed by atoms with Gasteiger partial charge in [-0.25, -0.2) is 0 Å². The van der Waals surface area contributed by atoms with E-state index in [2.05, 4.69) is 76.9 Å². The SMILES string of the molecule is CCCNC(=O)CCN=C(NCC)NC1CC(C)N(Cc2ccccc2)C1. The van der Waals surface area contributed by atoms with Crippen molar-refractivity contribution in [3.05, 3.63) is 35.9 Å². The molecule has 0 radical (unpaired) electrons. The lowest BCUT2D eigenvalue weighted by atomic mass is 10.2. The highest BCUT2D eigenvalue weighted by atomic mass is 16.1. The normalized spacial score (nSPS) is 20.5. The first-order valence-corrected chi connectivity index (χ1v) is 10.2. The summed E-state index contributed by atoms with van der Waals surface area (Å²) in [5, 5.41) is 9.73. The molecule has 6 heteroatoms. The molecule has 1 saturated heterocycles. The fraction of sp³-hybridized carbons (Fsp3) is 0.619. The smallest absolute Gasteiger partial charge is 0.221 e. The molecule has 0 spiro atoms. The summed E-state index contributed by atoms with van der Waals surface area (Å²) >= 11 is 0. The summed E-state index contributed by atoms with van der Waals surface area (Å²) in [6, 6.07) is 11.5. The van der Waals surface area contributed by atoms with Gasteiger partial charge >= 0.3 is 0 Å². The molecule has 6 nitrogen and oxygen atoms in total. The Morgan fingerprint density at radius 1 is 1.22 bits per heavy atom. The van der Waals surface area contributed by atoms with Gasteiger partial charge in [-0.2, -0.15) is 0 Å². The predicted molar refractivity (Wildman–Crippen MR) is 112 cm³/mol. The maximum absolute atomic E-state index is 11.7. The van der Waals surface area contributed by atoms with Crippen molar-refractivity contribution in [1.82, 2.24) is 20.9 Å². The number of nitrogens with zero attached hydrogens (tertiary/aromatic N) is 2. The molecular formula is C21H35N5O. The van der Waals surface area contributed by atoms with E-state index >= 15 is 0 Å². The quantitative estimate of drug-likeness (QED) is 0.458. The van der Waals surface area contributed by atoms with Crippen LogP contribution < -0.4 is 16.0 Å². The van der Waals surface area contributed by atoms with Gasteiger partial charge in [-0.1, -0.05) is 37.3 Å². The number of carbonyl (C=O) groups is 1. The van der Waals surface area contributed by atoms with Crippen LogP contribution in [0.3, 0.4) is 0 Å². The van der Waals surface area contributed by atoms with Crippen LogP contribution in [0.25, 0.3) is 0 Å². The summed E-state index contributed by atoms with van der Waals surface area (Å²) < 4.78 is 0. The second kappa shape index (κ2) is 11.6. The van der Waals surface area contributed by atoms with E-state index in [1.165, 1.54) is 5.56 Å². The molecular weight excluding hydrogens is 338 g/mol. The molecule has 2 atom stereocenters. The molecule has 0 bridgehead atoms. The van der Waals surface area contributed by atoms with Crippen molar-refractivity contribution in [1.29, 1.82) is 0 Å². The molecule has 1 fully saturated rings. The molecule has 2 unspecified atom stereocenters. The number of aliphatic imine (C=N–C) groups is 1. The summed E-state index contributed by atoms with van der Waals surface area (Å²) in [7, 11) is 0. The predicted octanol–water partition coefficient (Wildman–Crippen LogP) is 2.12. The van der Waals surface area contributed by atoms with Crippen LogP contribution >= 0.6 is 0 Å². The Hall–Kier alpha value is -2.08.